The van der Waals surface area contributed by atoms with Crippen molar-refractivity contribution in [3.63, 3.8) is 0 Å². The molecule has 5 nitrogen and oxygen atoms in total. The van der Waals surface area contributed by atoms with Gasteiger partial charge in [-0.1, -0.05) is 0 Å². The first kappa shape index (κ1) is 6.09. The van der Waals surface area contributed by atoms with Crippen LogP contribution in [0.1, 0.15) is 0 Å². The van der Waals surface area contributed by atoms with Crippen molar-refractivity contribution in [2.75, 3.05) is 0 Å². The van der Waals surface area contributed by atoms with Crippen molar-refractivity contribution in [1.82, 2.24) is 15.0 Å². The number of thiol groups is 1. The average molecular weight is 145 g/mol. The molecule has 0 aromatic carbocycles. The molecule has 6 heteroatoms. The number of rotatable bonds is 1. The summed E-state index contributed by atoms with van der Waals surface area (Å²) in [4.78, 5) is 10.2. The molecular weight excluding hydrogens is 142 g/mol. The van der Waals surface area contributed by atoms with Gasteiger partial charge in [-0.05, 0) is 0 Å². The molecule has 48 valence electrons. The molecule has 0 unspecified atom stereocenters. The molecular formula is C3H3N3O2S. The summed E-state index contributed by atoms with van der Waals surface area (Å²) in [6.07, 6.45) is 2.26. The fraction of sp³-hybridized carbons (Fsp3) is 0. The fourth-order valence-electron chi connectivity index (χ4n) is 0.327. The summed E-state index contributed by atoms with van der Waals surface area (Å²) < 4.78 is 20.2. The SMILES string of the molecule is O=[SH](=O)c1ncncn1. The molecule has 1 aromatic rings. The van der Waals surface area contributed by atoms with Crippen molar-refractivity contribution in [3.05, 3.63) is 12.7 Å². The lowest BCUT2D eigenvalue weighted by atomic mass is 11.1. The third-order valence-corrected chi connectivity index (χ3v) is 1.20. The Morgan fingerprint density at radius 2 is 1.78 bits per heavy atom. The van der Waals surface area contributed by atoms with E-state index >= 15 is 0 Å². The van der Waals surface area contributed by atoms with Gasteiger partial charge in [0.05, 0.1) is 0 Å². The predicted octanol–water partition coefficient (Wildman–Crippen LogP) is -1.16. The molecule has 0 aliphatic carbocycles. The van der Waals surface area contributed by atoms with Crippen molar-refractivity contribution in [2.45, 2.75) is 5.16 Å². The molecule has 1 rings (SSSR count). The Balaban J connectivity index is 3.13. The molecule has 0 aliphatic rings. The Labute approximate surface area is 52.7 Å². The van der Waals surface area contributed by atoms with Crippen LogP contribution in [0.15, 0.2) is 17.8 Å². The minimum absolute atomic E-state index is 0.194. The highest BCUT2D eigenvalue weighted by molar-refractivity contribution is 7.72. The second kappa shape index (κ2) is 2.49. The third-order valence-electron chi connectivity index (χ3n) is 0.643. The number of nitrogens with zero attached hydrogens (tertiary/aromatic N) is 3. The quantitative estimate of drug-likeness (QED) is 0.505. The molecule has 0 amide bonds. The zero-order valence-electron chi connectivity index (χ0n) is 4.26. The van der Waals surface area contributed by atoms with Crippen LogP contribution in [-0.4, -0.2) is 23.4 Å². The molecule has 1 heterocycles. The maximum atomic E-state index is 10.1. The van der Waals surface area contributed by atoms with Gasteiger partial charge in [0.2, 0.25) is 15.9 Å². The summed E-state index contributed by atoms with van der Waals surface area (Å²) in [7, 11) is -2.66. The highest BCUT2D eigenvalue weighted by atomic mass is 32.2. The van der Waals surface area contributed by atoms with E-state index in [1.165, 1.54) is 0 Å². The smallest absolute Gasteiger partial charge is 0.225 e. The zero-order chi connectivity index (χ0) is 6.69. The van der Waals surface area contributed by atoms with Gasteiger partial charge in [0.15, 0.2) is 0 Å². The molecule has 0 bridgehead atoms. The summed E-state index contributed by atoms with van der Waals surface area (Å²) in [5.74, 6) is 0. The van der Waals surface area contributed by atoms with E-state index in [1.807, 2.05) is 0 Å². The molecule has 1 aromatic heterocycles. The fourth-order valence-corrected chi connectivity index (χ4v) is 0.619. The van der Waals surface area contributed by atoms with E-state index < -0.39 is 10.7 Å². The van der Waals surface area contributed by atoms with E-state index in [0.29, 0.717) is 0 Å². The van der Waals surface area contributed by atoms with Crippen molar-refractivity contribution < 1.29 is 8.42 Å². The Morgan fingerprint density at radius 1 is 1.22 bits per heavy atom. The third kappa shape index (κ3) is 1.43. The number of hydrogen-bond acceptors (Lipinski definition) is 5. The Hall–Kier alpha value is -1.04. The summed E-state index contributed by atoms with van der Waals surface area (Å²) in [6.45, 7) is 0. The van der Waals surface area contributed by atoms with Gasteiger partial charge in [-0.15, -0.1) is 0 Å². The Bertz CT molecular complexity index is 249. The molecule has 0 atom stereocenters. The lowest BCUT2D eigenvalue weighted by molar-refractivity contribution is 0.605. The van der Waals surface area contributed by atoms with E-state index in [1.54, 1.807) is 0 Å². The lowest BCUT2D eigenvalue weighted by Gasteiger charge is -1.81. The minimum atomic E-state index is -2.66. The van der Waals surface area contributed by atoms with Crippen LogP contribution in [0, 0.1) is 0 Å². The van der Waals surface area contributed by atoms with E-state index in [-0.39, 0.29) is 5.16 Å². The Morgan fingerprint density at radius 3 is 2.11 bits per heavy atom. The molecule has 0 fully saturated rings. The number of hydrogen-bond donors (Lipinski definition) is 1. The van der Waals surface area contributed by atoms with Crippen molar-refractivity contribution >= 4 is 10.7 Å². The topological polar surface area (TPSA) is 72.8 Å². The molecule has 0 spiro atoms. The van der Waals surface area contributed by atoms with Crippen molar-refractivity contribution in [2.24, 2.45) is 0 Å². The van der Waals surface area contributed by atoms with E-state index in [4.69, 9.17) is 0 Å². The van der Waals surface area contributed by atoms with Crippen LogP contribution in [0.5, 0.6) is 0 Å². The highest BCUT2D eigenvalue weighted by Gasteiger charge is 1.92. The van der Waals surface area contributed by atoms with Gasteiger partial charge in [0.25, 0.3) is 0 Å². The van der Waals surface area contributed by atoms with Gasteiger partial charge in [-0.25, -0.2) is 23.4 Å². The van der Waals surface area contributed by atoms with Gasteiger partial charge in [0, 0.05) is 0 Å². The summed E-state index contributed by atoms with van der Waals surface area (Å²) in [6, 6.07) is 0. The van der Waals surface area contributed by atoms with Gasteiger partial charge in [0.1, 0.15) is 12.7 Å². The molecule has 0 saturated carbocycles. The van der Waals surface area contributed by atoms with Crippen LogP contribution in [0.3, 0.4) is 0 Å². The first-order chi connectivity index (χ1) is 4.30. The molecule has 0 aliphatic heterocycles. The highest BCUT2D eigenvalue weighted by Crippen LogP contribution is 1.82. The standard InChI is InChI=1S/C3H3N3O2S/c7-9(8)3-5-1-4-2-6-3/h1-2,9H. The summed E-state index contributed by atoms with van der Waals surface area (Å²) in [5, 5.41) is -0.194. The van der Waals surface area contributed by atoms with Crippen molar-refractivity contribution in [1.29, 1.82) is 0 Å². The van der Waals surface area contributed by atoms with Crippen LogP contribution >= 0.6 is 0 Å². The summed E-state index contributed by atoms with van der Waals surface area (Å²) in [5.41, 5.74) is 0. The molecule has 0 radical (unpaired) electrons. The zero-order valence-corrected chi connectivity index (χ0v) is 5.15. The second-order valence-corrected chi connectivity index (χ2v) is 2.11. The van der Waals surface area contributed by atoms with Gasteiger partial charge in [-0.3, -0.25) is 0 Å². The summed E-state index contributed by atoms with van der Waals surface area (Å²) >= 11 is 0. The van der Waals surface area contributed by atoms with Crippen LogP contribution in [0.4, 0.5) is 0 Å². The molecule has 0 saturated heterocycles. The first-order valence-electron chi connectivity index (χ1n) is 2.07. The maximum Gasteiger partial charge on any atom is 0.247 e. The average Bonchev–Trinajstić information content (AvgIpc) is 1.90. The van der Waals surface area contributed by atoms with E-state index in [9.17, 15) is 8.42 Å². The normalized spacial score (nSPS) is 9.89. The van der Waals surface area contributed by atoms with Crippen LogP contribution in [0.25, 0.3) is 0 Å². The predicted molar refractivity (Wildman–Crippen MR) is 28.4 cm³/mol. The van der Waals surface area contributed by atoms with Crippen LogP contribution in [0.2, 0.25) is 0 Å². The van der Waals surface area contributed by atoms with Crippen molar-refractivity contribution in [3.8, 4) is 0 Å². The monoisotopic (exact) mass is 145 g/mol. The Kier molecular flexibility index (Phi) is 1.69. The van der Waals surface area contributed by atoms with Gasteiger partial charge in [-0.2, -0.15) is 0 Å². The lowest BCUT2D eigenvalue weighted by Crippen LogP contribution is -1.90. The second-order valence-electron chi connectivity index (χ2n) is 1.20. The maximum absolute atomic E-state index is 10.1. The van der Waals surface area contributed by atoms with Crippen LogP contribution < -0.4 is 0 Å². The van der Waals surface area contributed by atoms with Gasteiger partial charge < -0.3 is 0 Å². The first-order valence-corrected chi connectivity index (χ1v) is 3.25. The van der Waals surface area contributed by atoms with Crippen LogP contribution in [-0.2, 0) is 10.7 Å². The van der Waals surface area contributed by atoms with E-state index in [0.717, 1.165) is 12.7 Å². The molecule has 9 heavy (non-hydrogen) atoms. The molecule has 0 N–H and O–H groups in total. The largest absolute Gasteiger partial charge is 0.247 e. The van der Waals surface area contributed by atoms with E-state index in [2.05, 4.69) is 15.0 Å². The minimum Gasteiger partial charge on any atom is -0.225 e. The van der Waals surface area contributed by atoms with Gasteiger partial charge >= 0.3 is 0 Å². The number of aromatic nitrogens is 3.